The Kier molecular flexibility index (Phi) is 3.98. The van der Waals surface area contributed by atoms with Crippen molar-refractivity contribution >= 4 is 5.91 Å². The summed E-state index contributed by atoms with van der Waals surface area (Å²) in [5.74, 6) is 2.15. The van der Waals surface area contributed by atoms with Crippen molar-refractivity contribution < 1.29 is 4.79 Å². The summed E-state index contributed by atoms with van der Waals surface area (Å²) in [5, 5.41) is 11.7. The van der Waals surface area contributed by atoms with Crippen molar-refractivity contribution in [2.45, 2.75) is 50.9 Å². The topological polar surface area (TPSA) is 63.9 Å². The average Bonchev–Trinajstić information content (AvgIpc) is 3.10. The Morgan fingerprint density at radius 1 is 1.25 bits per heavy atom. The Balaban J connectivity index is 1.60. The number of carbonyl (C=O) groups is 1. The van der Waals surface area contributed by atoms with Gasteiger partial charge < -0.3 is 4.90 Å². The maximum absolute atomic E-state index is 12.4. The zero-order chi connectivity index (χ0) is 13.9. The molecule has 1 aromatic rings. The minimum Gasteiger partial charge on any atom is -0.342 e. The van der Waals surface area contributed by atoms with E-state index in [-0.39, 0.29) is 5.92 Å². The largest absolute Gasteiger partial charge is 0.342 e. The predicted octanol–water partition coefficient (Wildman–Crippen LogP) is 1.50. The number of likely N-dealkylation sites (tertiary alicyclic amines) is 1. The smallest absolute Gasteiger partial charge is 0.222 e. The minimum absolute atomic E-state index is 0.288. The zero-order valence-electron chi connectivity index (χ0n) is 12.2. The van der Waals surface area contributed by atoms with Gasteiger partial charge in [-0.15, -0.1) is 5.10 Å². The monoisotopic (exact) mass is 277 g/mol. The van der Waals surface area contributed by atoms with E-state index in [9.17, 15) is 4.79 Å². The highest BCUT2D eigenvalue weighted by atomic mass is 16.2. The van der Waals surface area contributed by atoms with Crippen LogP contribution in [0.15, 0.2) is 0 Å². The Hall–Kier alpha value is -1.46. The average molecular weight is 277 g/mol. The van der Waals surface area contributed by atoms with Gasteiger partial charge in [-0.3, -0.25) is 4.79 Å². The molecule has 0 radical (unpaired) electrons. The minimum atomic E-state index is 0.288. The van der Waals surface area contributed by atoms with Crippen molar-refractivity contribution in [1.29, 1.82) is 0 Å². The molecular formula is C14H23N5O. The number of rotatable bonds is 3. The van der Waals surface area contributed by atoms with E-state index in [4.69, 9.17) is 0 Å². The molecule has 1 unspecified atom stereocenters. The van der Waals surface area contributed by atoms with Gasteiger partial charge in [-0.05, 0) is 42.0 Å². The molecule has 2 fully saturated rings. The van der Waals surface area contributed by atoms with Gasteiger partial charge in [-0.1, -0.05) is 12.8 Å². The van der Waals surface area contributed by atoms with Crippen LogP contribution in [0.1, 0.15) is 56.7 Å². The quantitative estimate of drug-likeness (QED) is 0.840. The van der Waals surface area contributed by atoms with Gasteiger partial charge in [0.25, 0.3) is 0 Å². The molecule has 1 aliphatic carbocycles. The summed E-state index contributed by atoms with van der Waals surface area (Å²) in [7, 11) is 1.87. The standard InChI is InChI=1S/C14H23N5O/c1-18-14(15-16-17-18)12-7-4-8-19(10-12)13(20)9-11-5-2-3-6-11/h11-12H,2-10H2,1H3. The van der Waals surface area contributed by atoms with Gasteiger partial charge >= 0.3 is 0 Å². The summed E-state index contributed by atoms with van der Waals surface area (Å²) < 4.78 is 1.73. The molecule has 0 N–H and O–H groups in total. The van der Waals surface area contributed by atoms with Crippen LogP contribution in [0, 0.1) is 5.92 Å². The lowest BCUT2D eigenvalue weighted by molar-refractivity contribution is -0.133. The molecule has 1 amide bonds. The molecule has 2 aliphatic rings. The fraction of sp³-hybridized carbons (Fsp3) is 0.857. The van der Waals surface area contributed by atoms with E-state index in [1.807, 2.05) is 11.9 Å². The van der Waals surface area contributed by atoms with E-state index in [2.05, 4.69) is 15.5 Å². The summed E-state index contributed by atoms with van der Waals surface area (Å²) in [5.41, 5.74) is 0. The Morgan fingerprint density at radius 3 is 2.75 bits per heavy atom. The van der Waals surface area contributed by atoms with Gasteiger partial charge in [0.15, 0.2) is 5.82 Å². The second-order valence-electron chi connectivity index (χ2n) is 6.19. The molecule has 3 rings (SSSR count). The first-order valence-electron chi connectivity index (χ1n) is 7.74. The molecule has 20 heavy (non-hydrogen) atoms. The van der Waals surface area contributed by atoms with Crippen LogP contribution in [0.4, 0.5) is 0 Å². The normalized spacial score (nSPS) is 24.2. The number of nitrogens with zero attached hydrogens (tertiary/aromatic N) is 5. The molecular weight excluding hydrogens is 254 g/mol. The molecule has 0 bridgehead atoms. The molecule has 1 saturated heterocycles. The number of piperidine rings is 1. The van der Waals surface area contributed by atoms with Crippen LogP contribution in [0.25, 0.3) is 0 Å². The Morgan fingerprint density at radius 2 is 2.05 bits per heavy atom. The van der Waals surface area contributed by atoms with Crippen LogP contribution in [0.2, 0.25) is 0 Å². The van der Waals surface area contributed by atoms with Crippen molar-refractivity contribution in [3.8, 4) is 0 Å². The lowest BCUT2D eigenvalue weighted by Gasteiger charge is -2.32. The lowest BCUT2D eigenvalue weighted by Crippen LogP contribution is -2.40. The number of tetrazole rings is 1. The number of aryl methyl sites for hydroxylation is 1. The molecule has 1 aromatic heterocycles. The van der Waals surface area contributed by atoms with Gasteiger partial charge in [0, 0.05) is 32.5 Å². The fourth-order valence-electron chi connectivity index (χ4n) is 3.59. The van der Waals surface area contributed by atoms with Crippen LogP contribution >= 0.6 is 0 Å². The molecule has 2 heterocycles. The molecule has 1 saturated carbocycles. The van der Waals surface area contributed by atoms with Crippen molar-refractivity contribution in [2.75, 3.05) is 13.1 Å². The number of hydrogen-bond acceptors (Lipinski definition) is 4. The van der Waals surface area contributed by atoms with Crippen molar-refractivity contribution in [3.05, 3.63) is 5.82 Å². The molecule has 0 spiro atoms. The molecule has 1 aliphatic heterocycles. The molecule has 6 heteroatoms. The lowest BCUT2D eigenvalue weighted by atomic mass is 9.95. The van der Waals surface area contributed by atoms with E-state index in [1.165, 1.54) is 25.7 Å². The SMILES string of the molecule is Cn1nnnc1C1CCCN(C(=O)CC2CCCC2)C1. The van der Waals surface area contributed by atoms with Gasteiger partial charge in [0.2, 0.25) is 5.91 Å². The highest BCUT2D eigenvalue weighted by Crippen LogP contribution is 2.30. The van der Waals surface area contributed by atoms with E-state index < -0.39 is 0 Å². The zero-order valence-corrected chi connectivity index (χ0v) is 12.2. The molecule has 6 nitrogen and oxygen atoms in total. The molecule has 110 valence electrons. The first-order valence-corrected chi connectivity index (χ1v) is 7.74. The Labute approximate surface area is 119 Å². The number of hydrogen-bond donors (Lipinski definition) is 0. The Bertz CT molecular complexity index is 466. The molecule has 0 aromatic carbocycles. The van der Waals surface area contributed by atoms with Crippen LogP contribution < -0.4 is 0 Å². The van der Waals surface area contributed by atoms with Gasteiger partial charge in [-0.25, -0.2) is 4.68 Å². The van der Waals surface area contributed by atoms with Crippen LogP contribution in [0.3, 0.4) is 0 Å². The second kappa shape index (κ2) is 5.89. The molecule has 1 atom stereocenters. The highest BCUT2D eigenvalue weighted by Gasteiger charge is 2.29. The summed E-state index contributed by atoms with van der Waals surface area (Å²) >= 11 is 0. The van der Waals surface area contributed by atoms with E-state index in [1.54, 1.807) is 4.68 Å². The maximum Gasteiger partial charge on any atom is 0.222 e. The van der Waals surface area contributed by atoms with Crippen LogP contribution in [-0.2, 0) is 11.8 Å². The number of aromatic nitrogens is 4. The first kappa shape index (κ1) is 13.5. The van der Waals surface area contributed by atoms with Crippen LogP contribution in [0.5, 0.6) is 0 Å². The van der Waals surface area contributed by atoms with Crippen molar-refractivity contribution in [3.63, 3.8) is 0 Å². The third kappa shape index (κ3) is 2.83. The van der Waals surface area contributed by atoms with E-state index in [0.717, 1.165) is 38.2 Å². The summed E-state index contributed by atoms with van der Waals surface area (Å²) in [4.78, 5) is 14.5. The summed E-state index contributed by atoms with van der Waals surface area (Å²) in [6.07, 6.45) is 7.92. The first-order chi connectivity index (χ1) is 9.74. The number of amides is 1. The summed E-state index contributed by atoms with van der Waals surface area (Å²) in [6, 6.07) is 0. The van der Waals surface area contributed by atoms with Crippen LogP contribution in [-0.4, -0.2) is 44.1 Å². The highest BCUT2D eigenvalue weighted by molar-refractivity contribution is 5.76. The van der Waals surface area contributed by atoms with Crippen molar-refractivity contribution in [2.24, 2.45) is 13.0 Å². The van der Waals surface area contributed by atoms with Gasteiger partial charge in [0.1, 0.15) is 0 Å². The summed E-state index contributed by atoms with van der Waals surface area (Å²) in [6.45, 7) is 1.67. The third-order valence-corrected chi connectivity index (χ3v) is 4.73. The van der Waals surface area contributed by atoms with E-state index >= 15 is 0 Å². The van der Waals surface area contributed by atoms with Crippen molar-refractivity contribution in [1.82, 2.24) is 25.1 Å². The van der Waals surface area contributed by atoms with Gasteiger partial charge in [0.05, 0.1) is 0 Å². The predicted molar refractivity (Wildman–Crippen MR) is 73.9 cm³/mol. The number of carbonyl (C=O) groups excluding carboxylic acids is 1. The third-order valence-electron chi connectivity index (χ3n) is 4.73. The maximum atomic E-state index is 12.4. The second-order valence-corrected chi connectivity index (χ2v) is 6.19. The van der Waals surface area contributed by atoms with E-state index in [0.29, 0.717) is 11.8 Å². The fourth-order valence-corrected chi connectivity index (χ4v) is 3.59. The van der Waals surface area contributed by atoms with Gasteiger partial charge in [-0.2, -0.15) is 0 Å².